The number of amides is 1. The van der Waals surface area contributed by atoms with Gasteiger partial charge in [0.2, 0.25) is 5.91 Å². The van der Waals surface area contributed by atoms with Crippen LogP contribution in [0.4, 0.5) is 5.82 Å². The van der Waals surface area contributed by atoms with Crippen molar-refractivity contribution in [3.05, 3.63) is 22.2 Å². The van der Waals surface area contributed by atoms with Crippen LogP contribution in [0.2, 0.25) is 0 Å². The summed E-state index contributed by atoms with van der Waals surface area (Å²) in [6, 6.07) is 1.38. The molecule has 0 radical (unpaired) electrons. The van der Waals surface area contributed by atoms with Crippen LogP contribution >= 0.6 is 0 Å². The molecule has 112 valence electrons. The molecule has 0 unspecified atom stereocenters. The normalized spacial score (nSPS) is 10.7. The molecular formula is C13H22N4O3. The Balaban J connectivity index is 2.69. The number of anilines is 1. The van der Waals surface area contributed by atoms with E-state index < -0.39 is 0 Å². The van der Waals surface area contributed by atoms with Gasteiger partial charge in [0.15, 0.2) is 0 Å². The summed E-state index contributed by atoms with van der Waals surface area (Å²) in [5.41, 5.74) is -0.217. The highest BCUT2D eigenvalue weighted by molar-refractivity contribution is 5.80. The number of H-pyrrole nitrogens is 1. The highest BCUT2D eigenvalue weighted by Gasteiger charge is 2.11. The molecule has 0 aliphatic heterocycles. The van der Waals surface area contributed by atoms with E-state index in [0.717, 1.165) is 0 Å². The molecule has 1 amide bonds. The Kier molecular flexibility index (Phi) is 6.17. The zero-order valence-electron chi connectivity index (χ0n) is 12.4. The number of hydrogen-bond acceptors (Lipinski definition) is 5. The van der Waals surface area contributed by atoms with E-state index in [0.29, 0.717) is 24.8 Å². The van der Waals surface area contributed by atoms with E-state index in [4.69, 9.17) is 4.74 Å². The van der Waals surface area contributed by atoms with Crippen molar-refractivity contribution in [2.24, 2.45) is 0 Å². The number of hydrogen-bond donors (Lipinski definition) is 2. The third-order valence-corrected chi connectivity index (χ3v) is 2.69. The molecule has 0 aliphatic rings. The summed E-state index contributed by atoms with van der Waals surface area (Å²) < 4.78 is 4.85. The summed E-state index contributed by atoms with van der Waals surface area (Å²) in [4.78, 5) is 31.9. The molecule has 0 saturated carbocycles. The average Bonchev–Trinajstić information content (AvgIpc) is 2.38. The number of nitrogens with one attached hydrogen (secondary N) is 2. The first kappa shape index (κ1) is 16.2. The Morgan fingerprint density at radius 2 is 2.25 bits per heavy atom. The minimum atomic E-state index is -0.217. The Hall–Kier alpha value is -1.89. The zero-order valence-corrected chi connectivity index (χ0v) is 12.4. The Labute approximate surface area is 118 Å². The minimum absolute atomic E-state index is 0.117. The van der Waals surface area contributed by atoms with E-state index in [1.54, 1.807) is 19.1 Å². The number of methoxy groups -OCH3 is 1. The molecule has 0 atom stereocenters. The Morgan fingerprint density at radius 1 is 1.55 bits per heavy atom. The van der Waals surface area contributed by atoms with Crippen molar-refractivity contribution in [3.8, 4) is 0 Å². The third-order valence-electron chi connectivity index (χ3n) is 2.69. The Bertz CT molecular complexity index is 499. The molecule has 7 nitrogen and oxygen atoms in total. The highest BCUT2D eigenvalue weighted by atomic mass is 16.5. The van der Waals surface area contributed by atoms with Crippen LogP contribution in [-0.2, 0) is 9.53 Å². The quantitative estimate of drug-likeness (QED) is 0.692. The lowest BCUT2D eigenvalue weighted by molar-refractivity contribution is -0.119. The summed E-state index contributed by atoms with van der Waals surface area (Å²) in [6.45, 7) is 4.95. The second-order valence-corrected chi connectivity index (χ2v) is 4.84. The van der Waals surface area contributed by atoms with Gasteiger partial charge in [0, 0.05) is 32.7 Å². The first-order valence-electron chi connectivity index (χ1n) is 6.52. The van der Waals surface area contributed by atoms with Crippen LogP contribution < -0.4 is 15.8 Å². The van der Waals surface area contributed by atoms with Crippen molar-refractivity contribution in [1.29, 1.82) is 0 Å². The number of carbonyl (C=O) groups excluding carboxylic acids is 1. The number of rotatable bonds is 7. The van der Waals surface area contributed by atoms with Crippen LogP contribution in [0.3, 0.4) is 0 Å². The van der Waals surface area contributed by atoms with Crippen molar-refractivity contribution in [2.75, 3.05) is 38.8 Å². The van der Waals surface area contributed by atoms with Crippen LogP contribution in [0.25, 0.3) is 0 Å². The van der Waals surface area contributed by atoms with Crippen molar-refractivity contribution >= 4 is 11.7 Å². The van der Waals surface area contributed by atoms with Gasteiger partial charge in [-0.3, -0.25) is 9.59 Å². The maximum Gasteiger partial charge on any atom is 0.252 e. The number of aromatic amines is 1. The van der Waals surface area contributed by atoms with E-state index >= 15 is 0 Å². The molecule has 7 heteroatoms. The summed E-state index contributed by atoms with van der Waals surface area (Å²) in [5.74, 6) is 1.07. The van der Waals surface area contributed by atoms with Gasteiger partial charge in [0.1, 0.15) is 11.6 Å². The summed E-state index contributed by atoms with van der Waals surface area (Å²) in [7, 11) is 3.30. The van der Waals surface area contributed by atoms with Crippen LogP contribution in [-0.4, -0.2) is 49.7 Å². The first-order valence-corrected chi connectivity index (χ1v) is 6.52. The lowest BCUT2D eigenvalue weighted by atomic mass is 10.2. The summed E-state index contributed by atoms with van der Waals surface area (Å²) >= 11 is 0. The topological polar surface area (TPSA) is 87.3 Å². The van der Waals surface area contributed by atoms with Crippen molar-refractivity contribution in [3.63, 3.8) is 0 Å². The zero-order chi connectivity index (χ0) is 15.1. The van der Waals surface area contributed by atoms with E-state index in [-0.39, 0.29) is 23.9 Å². The minimum Gasteiger partial charge on any atom is -0.383 e. The first-order chi connectivity index (χ1) is 9.43. The van der Waals surface area contributed by atoms with Gasteiger partial charge in [-0.25, -0.2) is 4.98 Å². The molecule has 0 bridgehead atoms. The van der Waals surface area contributed by atoms with Crippen LogP contribution in [0, 0.1) is 0 Å². The second-order valence-electron chi connectivity index (χ2n) is 4.84. The van der Waals surface area contributed by atoms with Gasteiger partial charge in [0.05, 0.1) is 13.2 Å². The van der Waals surface area contributed by atoms with Crippen molar-refractivity contribution in [1.82, 2.24) is 15.3 Å². The van der Waals surface area contributed by atoms with Gasteiger partial charge < -0.3 is 19.9 Å². The highest BCUT2D eigenvalue weighted by Crippen LogP contribution is 2.11. The van der Waals surface area contributed by atoms with Crippen molar-refractivity contribution in [2.45, 2.75) is 19.8 Å². The fourth-order valence-electron chi connectivity index (χ4n) is 1.58. The maximum atomic E-state index is 11.7. The number of likely N-dealkylation sites (N-methyl/N-ethyl adjacent to an activating group) is 1. The fourth-order valence-corrected chi connectivity index (χ4v) is 1.58. The molecular weight excluding hydrogens is 260 g/mol. The number of aromatic nitrogens is 2. The third kappa shape index (κ3) is 5.00. The smallest absolute Gasteiger partial charge is 0.252 e. The molecule has 20 heavy (non-hydrogen) atoms. The molecule has 1 aromatic heterocycles. The second kappa shape index (κ2) is 7.64. The predicted octanol–water partition coefficient (Wildman–Crippen LogP) is 0.0921. The van der Waals surface area contributed by atoms with Gasteiger partial charge in [0.25, 0.3) is 5.56 Å². The lowest BCUT2D eigenvalue weighted by Crippen LogP contribution is -2.37. The van der Waals surface area contributed by atoms with Gasteiger partial charge >= 0.3 is 0 Å². The predicted molar refractivity (Wildman–Crippen MR) is 77.1 cm³/mol. The van der Waals surface area contributed by atoms with Gasteiger partial charge in [-0.05, 0) is 0 Å². The van der Waals surface area contributed by atoms with Gasteiger partial charge in [-0.2, -0.15) is 0 Å². The van der Waals surface area contributed by atoms with Crippen LogP contribution in [0.1, 0.15) is 25.6 Å². The molecule has 2 N–H and O–H groups in total. The van der Waals surface area contributed by atoms with E-state index in [1.165, 1.54) is 6.07 Å². The van der Waals surface area contributed by atoms with Crippen molar-refractivity contribution < 1.29 is 9.53 Å². The van der Waals surface area contributed by atoms with Gasteiger partial charge in [-0.15, -0.1) is 0 Å². The maximum absolute atomic E-state index is 11.7. The number of ether oxygens (including phenoxy) is 1. The lowest BCUT2D eigenvalue weighted by Gasteiger charge is -2.18. The van der Waals surface area contributed by atoms with E-state index in [1.807, 2.05) is 13.8 Å². The largest absolute Gasteiger partial charge is 0.383 e. The fraction of sp³-hybridized carbons (Fsp3) is 0.615. The molecule has 0 spiro atoms. The van der Waals surface area contributed by atoms with Gasteiger partial charge in [-0.1, -0.05) is 13.8 Å². The van der Waals surface area contributed by atoms with E-state index in [2.05, 4.69) is 15.3 Å². The average molecular weight is 282 g/mol. The van der Waals surface area contributed by atoms with Crippen LogP contribution in [0.15, 0.2) is 10.9 Å². The summed E-state index contributed by atoms with van der Waals surface area (Å²) in [5, 5.41) is 2.72. The molecule has 0 fully saturated rings. The number of carbonyl (C=O) groups is 1. The standard InChI is InChI=1S/C13H22N4O3/c1-9(2)13-15-10(7-11(18)16-13)17(3)8-12(19)14-5-6-20-4/h7,9H,5-6,8H2,1-4H3,(H,14,19)(H,15,16,18). The van der Waals surface area contributed by atoms with E-state index in [9.17, 15) is 9.59 Å². The monoisotopic (exact) mass is 282 g/mol. The molecule has 0 saturated heterocycles. The molecule has 1 aromatic rings. The summed E-state index contributed by atoms with van der Waals surface area (Å²) in [6.07, 6.45) is 0. The molecule has 0 aromatic carbocycles. The van der Waals surface area contributed by atoms with Crippen LogP contribution in [0.5, 0.6) is 0 Å². The SMILES string of the molecule is COCCNC(=O)CN(C)c1cc(=O)[nH]c(C(C)C)n1. The molecule has 0 aliphatic carbocycles. The molecule has 1 heterocycles. The number of nitrogens with zero attached hydrogens (tertiary/aromatic N) is 2. The molecule has 1 rings (SSSR count). The Morgan fingerprint density at radius 3 is 2.85 bits per heavy atom.